The first-order valence-electron chi connectivity index (χ1n) is 9.94. The first-order valence-corrected chi connectivity index (χ1v) is 12.4. The highest BCUT2D eigenvalue weighted by atomic mass is 79.9. The zero-order valence-corrected chi connectivity index (χ0v) is 20.3. The lowest BCUT2D eigenvalue weighted by molar-refractivity contribution is 0.102. The Labute approximate surface area is 201 Å². The van der Waals surface area contributed by atoms with E-state index in [2.05, 4.69) is 21.2 Å². The summed E-state index contributed by atoms with van der Waals surface area (Å²) in [6.45, 7) is 1.02. The number of carbonyl (C=O) groups is 2. The number of rotatable bonds is 3. The van der Waals surface area contributed by atoms with E-state index in [1.165, 1.54) is 18.4 Å². The van der Waals surface area contributed by atoms with Crippen LogP contribution < -0.4 is 5.32 Å². The van der Waals surface area contributed by atoms with Crippen molar-refractivity contribution in [2.75, 3.05) is 19.0 Å². The number of thiophene rings is 1. The van der Waals surface area contributed by atoms with Crippen molar-refractivity contribution in [3.63, 3.8) is 0 Å². The van der Waals surface area contributed by atoms with Crippen LogP contribution in [0.3, 0.4) is 0 Å². The van der Waals surface area contributed by atoms with Gasteiger partial charge in [0.25, 0.3) is 5.91 Å². The molecule has 0 saturated heterocycles. The van der Waals surface area contributed by atoms with Crippen LogP contribution in [0.15, 0.2) is 53.0 Å². The van der Waals surface area contributed by atoms with Gasteiger partial charge in [-0.25, -0.2) is 9.78 Å². The third kappa shape index (κ3) is 3.92. The number of methoxy groups -OCH3 is 1. The number of anilines is 1. The normalized spacial score (nSPS) is 13.1. The van der Waals surface area contributed by atoms with Gasteiger partial charge < -0.3 is 15.0 Å². The Morgan fingerprint density at radius 2 is 1.91 bits per heavy atom. The summed E-state index contributed by atoms with van der Waals surface area (Å²) in [7, 11) is 1.39. The second-order valence-corrected chi connectivity index (χ2v) is 10.3. The van der Waals surface area contributed by atoms with Crippen molar-refractivity contribution >= 4 is 65.8 Å². The van der Waals surface area contributed by atoms with Crippen molar-refractivity contribution in [3.8, 4) is 10.6 Å². The SMILES string of the molecule is COC(=O)N1CCc2c(sc(NC(=O)c3ccc(Br)cc3)c2-c2nc3ccccc3s2)C1. The average molecular weight is 528 g/mol. The van der Waals surface area contributed by atoms with E-state index in [0.717, 1.165) is 40.7 Å². The number of carbonyl (C=O) groups excluding carboxylic acids is 2. The lowest BCUT2D eigenvalue weighted by Gasteiger charge is -2.25. The lowest BCUT2D eigenvalue weighted by atomic mass is 10.0. The number of hydrogen-bond acceptors (Lipinski definition) is 6. The number of aromatic nitrogens is 1. The molecule has 5 rings (SSSR count). The van der Waals surface area contributed by atoms with Gasteiger partial charge in [-0.15, -0.1) is 22.7 Å². The van der Waals surface area contributed by atoms with Crippen molar-refractivity contribution in [1.82, 2.24) is 9.88 Å². The molecule has 1 aliphatic heterocycles. The molecule has 2 amide bonds. The summed E-state index contributed by atoms with van der Waals surface area (Å²) in [5, 5.41) is 4.73. The fourth-order valence-electron chi connectivity index (χ4n) is 3.76. The van der Waals surface area contributed by atoms with Crippen molar-refractivity contribution in [3.05, 3.63) is 69.0 Å². The highest BCUT2D eigenvalue weighted by Crippen LogP contribution is 2.45. The maximum absolute atomic E-state index is 13.0. The van der Waals surface area contributed by atoms with E-state index >= 15 is 0 Å². The second-order valence-electron chi connectivity index (χ2n) is 7.30. The summed E-state index contributed by atoms with van der Waals surface area (Å²) in [4.78, 5) is 32.6. The molecule has 0 atom stereocenters. The van der Waals surface area contributed by atoms with Crippen molar-refractivity contribution in [1.29, 1.82) is 0 Å². The first kappa shape index (κ1) is 21.1. The molecule has 0 saturated carbocycles. The molecule has 2 aromatic heterocycles. The minimum absolute atomic E-state index is 0.178. The standard InChI is InChI=1S/C23H18BrN3O3S2/c1-30-23(29)27-11-10-15-18(12-27)32-22(26-20(28)13-6-8-14(24)9-7-13)19(15)21-25-16-4-2-3-5-17(16)31-21/h2-9H,10-12H2,1H3,(H,26,28). The van der Waals surface area contributed by atoms with E-state index in [1.807, 2.05) is 36.4 Å². The van der Waals surface area contributed by atoms with Gasteiger partial charge in [-0.3, -0.25) is 4.79 Å². The maximum atomic E-state index is 13.0. The van der Waals surface area contributed by atoms with E-state index in [1.54, 1.807) is 28.4 Å². The molecule has 1 aliphatic rings. The third-order valence-electron chi connectivity index (χ3n) is 5.33. The van der Waals surface area contributed by atoms with Gasteiger partial charge in [0, 0.05) is 27.0 Å². The van der Waals surface area contributed by atoms with E-state index < -0.39 is 0 Å². The zero-order chi connectivity index (χ0) is 22.2. The van der Waals surface area contributed by atoms with Gasteiger partial charge in [-0.05, 0) is 48.4 Å². The number of fused-ring (bicyclic) bond motifs is 2. The number of nitrogens with one attached hydrogen (secondary N) is 1. The Hall–Kier alpha value is -2.75. The second kappa shape index (κ2) is 8.65. The fraction of sp³-hybridized carbons (Fsp3) is 0.174. The molecule has 0 radical (unpaired) electrons. The van der Waals surface area contributed by atoms with Crippen LogP contribution in [-0.2, 0) is 17.7 Å². The molecule has 0 aliphatic carbocycles. The number of hydrogen-bond donors (Lipinski definition) is 1. The molecule has 1 N–H and O–H groups in total. The Balaban J connectivity index is 1.57. The predicted molar refractivity (Wildman–Crippen MR) is 132 cm³/mol. The molecule has 6 nitrogen and oxygen atoms in total. The summed E-state index contributed by atoms with van der Waals surface area (Å²) in [6.07, 6.45) is 0.339. The van der Waals surface area contributed by atoms with Gasteiger partial charge in [0.2, 0.25) is 0 Å². The van der Waals surface area contributed by atoms with Crippen LogP contribution in [0.2, 0.25) is 0 Å². The number of amides is 2. The molecule has 2 aromatic carbocycles. The average Bonchev–Trinajstić information content (AvgIpc) is 3.38. The Bertz CT molecular complexity index is 1300. The van der Waals surface area contributed by atoms with Crippen molar-refractivity contribution in [2.45, 2.75) is 13.0 Å². The molecule has 0 fully saturated rings. The van der Waals surface area contributed by atoms with Crippen LogP contribution in [0.1, 0.15) is 20.8 Å². The first-order chi connectivity index (χ1) is 15.5. The minimum atomic E-state index is -0.342. The van der Waals surface area contributed by atoms with Gasteiger partial charge in [0.05, 0.1) is 23.9 Å². The zero-order valence-electron chi connectivity index (χ0n) is 17.1. The molecular weight excluding hydrogens is 510 g/mol. The van der Waals surface area contributed by atoms with Crippen molar-refractivity contribution < 1.29 is 14.3 Å². The van der Waals surface area contributed by atoms with Gasteiger partial charge in [0.1, 0.15) is 10.0 Å². The molecule has 162 valence electrons. The summed E-state index contributed by atoms with van der Waals surface area (Å²) < 4.78 is 6.92. The summed E-state index contributed by atoms with van der Waals surface area (Å²) >= 11 is 6.51. The number of para-hydroxylation sites is 1. The highest BCUT2D eigenvalue weighted by molar-refractivity contribution is 9.10. The molecular formula is C23H18BrN3O3S2. The topological polar surface area (TPSA) is 71.5 Å². The summed E-state index contributed by atoms with van der Waals surface area (Å²) in [5.74, 6) is -0.178. The van der Waals surface area contributed by atoms with Crippen molar-refractivity contribution in [2.24, 2.45) is 0 Å². The smallest absolute Gasteiger partial charge is 0.409 e. The fourth-order valence-corrected chi connectivity index (χ4v) is 6.39. The van der Waals surface area contributed by atoms with Crippen LogP contribution in [-0.4, -0.2) is 35.5 Å². The van der Waals surface area contributed by atoms with E-state index in [0.29, 0.717) is 25.1 Å². The van der Waals surface area contributed by atoms with Crippen LogP contribution in [0.5, 0.6) is 0 Å². The summed E-state index contributed by atoms with van der Waals surface area (Å²) in [5.41, 5.74) is 3.61. The van der Waals surface area contributed by atoms with E-state index in [4.69, 9.17) is 9.72 Å². The molecule has 3 heterocycles. The van der Waals surface area contributed by atoms with Crippen LogP contribution in [0, 0.1) is 0 Å². The number of benzene rings is 2. The maximum Gasteiger partial charge on any atom is 0.409 e. The van der Waals surface area contributed by atoms with Gasteiger partial charge >= 0.3 is 6.09 Å². The Morgan fingerprint density at radius 3 is 2.66 bits per heavy atom. The monoisotopic (exact) mass is 527 g/mol. The summed E-state index contributed by atoms with van der Waals surface area (Å²) in [6, 6.07) is 15.3. The Kier molecular flexibility index (Phi) is 5.71. The third-order valence-corrected chi connectivity index (χ3v) is 8.05. The lowest BCUT2D eigenvalue weighted by Crippen LogP contribution is -2.35. The molecule has 0 unspecified atom stereocenters. The molecule has 9 heteroatoms. The van der Waals surface area contributed by atoms with Gasteiger partial charge in [-0.1, -0.05) is 28.1 Å². The number of thiazole rings is 1. The molecule has 32 heavy (non-hydrogen) atoms. The predicted octanol–water partition coefficient (Wildman–Crippen LogP) is 6.16. The van der Waals surface area contributed by atoms with Crippen LogP contribution in [0.4, 0.5) is 9.80 Å². The quantitative estimate of drug-likeness (QED) is 0.346. The van der Waals surface area contributed by atoms with Gasteiger partial charge in [0.15, 0.2) is 0 Å². The molecule has 0 bridgehead atoms. The van der Waals surface area contributed by atoms with Gasteiger partial charge in [-0.2, -0.15) is 0 Å². The molecule has 0 spiro atoms. The number of ether oxygens (including phenoxy) is 1. The minimum Gasteiger partial charge on any atom is -0.453 e. The number of halogens is 1. The van der Waals surface area contributed by atoms with Crippen LogP contribution >= 0.6 is 38.6 Å². The highest BCUT2D eigenvalue weighted by Gasteiger charge is 2.30. The largest absolute Gasteiger partial charge is 0.453 e. The number of nitrogens with zero attached hydrogens (tertiary/aromatic N) is 2. The Morgan fingerprint density at radius 1 is 1.12 bits per heavy atom. The molecule has 4 aromatic rings. The van der Waals surface area contributed by atoms with Crippen LogP contribution in [0.25, 0.3) is 20.8 Å². The van der Waals surface area contributed by atoms with E-state index in [9.17, 15) is 9.59 Å². The van der Waals surface area contributed by atoms with E-state index in [-0.39, 0.29) is 12.0 Å².